The Kier molecular flexibility index (Phi) is 5.74. The van der Waals surface area contributed by atoms with Crippen molar-refractivity contribution in [3.8, 4) is 0 Å². The fourth-order valence-corrected chi connectivity index (χ4v) is 2.40. The van der Waals surface area contributed by atoms with E-state index in [-0.39, 0.29) is 12.5 Å². The first-order valence-corrected chi connectivity index (χ1v) is 8.01. The molecule has 0 heterocycles. The number of benzene rings is 2. The van der Waals surface area contributed by atoms with E-state index in [0.717, 1.165) is 11.1 Å². The lowest BCUT2D eigenvalue weighted by atomic mass is 10.0. The SMILES string of the molecule is Cc1ccc(C(=O)OCC(=O)Nc2ccc(C(C)C)cc2)c(C)c1. The second-order valence-electron chi connectivity index (χ2n) is 6.22. The highest BCUT2D eigenvalue weighted by Gasteiger charge is 2.13. The average Bonchev–Trinajstić information content (AvgIpc) is 2.53. The van der Waals surface area contributed by atoms with Crippen LogP contribution in [0.2, 0.25) is 0 Å². The zero-order valence-electron chi connectivity index (χ0n) is 14.6. The maximum absolute atomic E-state index is 12.1. The molecule has 4 nitrogen and oxygen atoms in total. The van der Waals surface area contributed by atoms with Gasteiger partial charge in [0, 0.05) is 5.69 Å². The van der Waals surface area contributed by atoms with E-state index in [4.69, 9.17) is 4.74 Å². The van der Waals surface area contributed by atoms with Crippen LogP contribution < -0.4 is 5.32 Å². The third kappa shape index (κ3) is 4.69. The molecule has 0 spiro atoms. The van der Waals surface area contributed by atoms with Crippen molar-refractivity contribution in [1.29, 1.82) is 0 Å². The van der Waals surface area contributed by atoms with Gasteiger partial charge in [0.05, 0.1) is 5.56 Å². The first kappa shape index (κ1) is 17.7. The lowest BCUT2D eigenvalue weighted by molar-refractivity contribution is -0.119. The third-order valence-electron chi connectivity index (χ3n) is 3.80. The van der Waals surface area contributed by atoms with Gasteiger partial charge < -0.3 is 10.1 Å². The van der Waals surface area contributed by atoms with E-state index in [1.165, 1.54) is 5.56 Å². The Morgan fingerprint density at radius 2 is 1.71 bits per heavy atom. The highest BCUT2D eigenvalue weighted by Crippen LogP contribution is 2.17. The van der Waals surface area contributed by atoms with Crippen LogP contribution in [0.5, 0.6) is 0 Å². The minimum atomic E-state index is -0.488. The van der Waals surface area contributed by atoms with Gasteiger partial charge in [-0.3, -0.25) is 4.79 Å². The molecular formula is C20H23NO3. The molecule has 2 rings (SSSR count). The van der Waals surface area contributed by atoms with E-state index in [1.807, 2.05) is 50.2 Å². The van der Waals surface area contributed by atoms with Crippen molar-refractivity contribution >= 4 is 17.6 Å². The molecule has 0 unspecified atom stereocenters. The Morgan fingerprint density at radius 3 is 2.29 bits per heavy atom. The average molecular weight is 325 g/mol. The van der Waals surface area contributed by atoms with Gasteiger partial charge in [-0.05, 0) is 49.1 Å². The number of carbonyl (C=O) groups excluding carboxylic acids is 2. The quantitative estimate of drug-likeness (QED) is 0.837. The number of carbonyl (C=O) groups is 2. The van der Waals surface area contributed by atoms with Crippen molar-refractivity contribution in [2.75, 3.05) is 11.9 Å². The summed E-state index contributed by atoms with van der Waals surface area (Å²) in [6, 6.07) is 13.1. The van der Waals surface area contributed by atoms with Crippen molar-refractivity contribution in [1.82, 2.24) is 0 Å². The summed E-state index contributed by atoms with van der Waals surface area (Å²) in [5.74, 6) is -0.406. The van der Waals surface area contributed by atoms with Crippen LogP contribution in [0.4, 0.5) is 5.69 Å². The molecule has 4 heteroatoms. The third-order valence-corrected chi connectivity index (χ3v) is 3.80. The van der Waals surface area contributed by atoms with E-state index in [9.17, 15) is 9.59 Å². The van der Waals surface area contributed by atoms with Gasteiger partial charge in [-0.1, -0.05) is 43.7 Å². The molecule has 0 aliphatic carbocycles. The lowest BCUT2D eigenvalue weighted by Gasteiger charge is -2.10. The van der Waals surface area contributed by atoms with Crippen molar-refractivity contribution in [3.63, 3.8) is 0 Å². The van der Waals surface area contributed by atoms with Crippen LogP contribution in [-0.4, -0.2) is 18.5 Å². The molecular weight excluding hydrogens is 302 g/mol. The summed E-state index contributed by atoms with van der Waals surface area (Å²) in [5.41, 5.74) is 4.28. The number of rotatable bonds is 5. The molecule has 1 N–H and O–H groups in total. The molecule has 0 radical (unpaired) electrons. The standard InChI is InChI=1S/C20H23NO3/c1-13(2)16-6-8-17(9-7-16)21-19(22)12-24-20(23)18-10-5-14(3)11-15(18)4/h5-11,13H,12H2,1-4H3,(H,21,22). The zero-order valence-corrected chi connectivity index (χ0v) is 14.6. The summed E-state index contributed by atoms with van der Waals surface area (Å²) in [4.78, 5) is 24.0. The predicted molar refractivity (Wildman–Crippen MR) is 95.4 cm³/mol. The molecule has 24 heavy (non-hydrogen) atoms. The molecule has 0 aromatic heterocycles. The van der Waals surface area contributed by atoms with Gasteiger partial charge in [0.1, 0.15) is 0 Å². The summed E-state index contributed by atoms with van der Waals surface area (Å²) in [6.45, 7) is 7.72. The smallest absolute Gasteiger partial charge is 0.338 e. The summed E-state index contributed by atoms with van der Waals surface area (Å²) in [5, 5.41) is 2.72. The number of hydrogen-bond acceptors (Lipinski definition) is 3. The Balaban J connectivity index is 1.89. The van der Waals surface area contributed by atoms with E-state index in [0.29, 0.717) is 17.2 Å². The monoisotopic (exact) mass is 325 g/mol. The number of esters is 1. The van der Waals surface area contributed by atoms with Crippen LogP contribution in [0.3, 0.4) is 0 Å². The Hall–Kier alpha value is -2.62. The van der Waals surface area contributed by atoms with E-state index < -0.39 is 5.97 Å². The minimum Gasteiger partial charge on any atom is -0.452 e. The lowest BCUT2D eigenvalue weighted by Crippen LogP contribution is -2.21. The molecule has 1 amide bonds. The highest BCUT2D eigenvalue weighted by molar-refractivity contribution is 5.96. The van der Waals surface area contributed by atoms with Crippen LogP contribution in [0, 0.1) is 13.8 Å². The number of amides is 1. The van der Waals surface area contributed by atoms with Gasteiger partial charge in [0.25, 0.3) is 5.91 Å². The largest absolute Gasteiger partial charge is 0.452 e. The van der Waals surface area contributed by atoms with Gasteiger partial charge in [0.2, 0.25) is 0 Å². The number of nitrogens with one attached hydrogen (secondary N) is 1. The number of hydrogen-bond donors (Lipinski definition) is 1. The van der Waals surface area contributed by atoms with Crippen molar-refractivity contribution in [2.24, 2.45) is 0 Å². The van der Waals surface area contributed by atoms with Gasteiger partial charge in [-0.15, -0.1) is 0 Å². The van der Waals surface area contributed by atoms with E-state index in [2.05, 4.69) is 19.2 Å². The molecule has 0 bridgehead atoms. The molecule has 0 aliphatic rings. The molecule has 0 saturated carbocycles. The summed E-state index contributed by atoms with van der Waals surface area (Å²) < 4.78 is 5.09. The molecule has 0 atom stereocenters. The zero-order chi connectivity index (χ0) is 17.7. The summed E-state index contributed by atoms with van der Waals surface area (Å²) in [6.07, 6.45) is 0. The van der Waals surface area contributed by atoms with Crippen LogP contribution in [-0.2, 0) is 9.53 Å². The van der Waals surface area contributed by atoms with Gasteiger partial charge in [0.15, 0.2) is 6.61 Å². The van der Waals surface area contributed by atoms with Crippen LogP contribution in [0.1, 0.15) is 46.8 Å². The minimum absolute atomic E-state index is 0.307. The number of aryl methyl sites for hydroxylation is 2. The number of ether oxygens (including phenoxy) is 1. The van der Waals surface area contributed by atoms with Crippen molar-refractivity contribution in [2.45, 2.75) is 33.6 Å². The molecule has 0 aliphatic heterocycles. The Morgan fingerprint density at radius 1 is 1.04 bits per heavy atom. The maximum atomic E-state index is 12.1. The Bertz CT molecular complexity index is 733. The van der Waals surface area contributed by atoms with Crippen LogP contribution in [0.25, 0.3) is 0 Å². The van der Waals surface area contributed by atoms with E-state index >= 15 is 0 Å². The highest BCUT2D eigenvalue weighted by atomic mass is 16.5. The second-order valence-corrected chi connectivity index (χ2v) is 6.22. The van der Waals surface area contributed by atoms with Gasteiger partial charge in [-0.25, -0.2) is 4.79 Å². The summed E-state index contributed by atoms with van der Waals surface area (Å²) >= 11 is 0. The Labute approximate surface area is 142 Å². The van der Waals surface area contributed by atoms with Gasteiger partial charge >= 0.3 is 5.97 Å². The van der Waals surface area contributed by atoms with Crippen molar-refractivity contribution in [3.05, 3.63) is 64.7 Å². The molecule has 2 aromatic rings. The predicted octanol–water partition coefficient (Wildman–Crippen LogP) is 4.22. The molecule has 0 saturated heterocycles. The fraction of sp³-hybridized carbons (Fsp3) is 0.300. The van der Waals surface area contributed by atoms with E-state index in [1.54, 1.807) is 6.07 Å². The summed E-state index contributed by atoms with van der Waals surface area (Å²) in [7, 11) is 0. The fourth-order valence-electron chi connectivity index (χ4n) is 2.40. The normalized spacial score (nSPS) is 10.5. The molecule has 2 aromatic carbocycles. The molecule has 126 valence electrons. The topological polar surface area (TPSA) is 55.4 Å². The van der Waals surface area contributed by atoms with Crippen LogP contribution in [0.15, 0.2) is 42.5 Å². The van der Waals surface area contributed by atoms with Gasteiger partial charge in [-0.2, -0.15) is 0 Å². The number of anilines is 1. The maximum Gasteiger partial charge on any atom is 0.338 e. The first-order valence-electron chi connectivity index (χ1n) is 8.01. The second kappa shape index (κ2) is 7.77. The van der Waals surface area contributed by atoms with Crippen LogP contribution >= 0.6 is 0 Å². The van der Waals surface area contributed by atoms with Crippen molar-refractivity contribution < 1.29 is 14.3 Å². The molecule has 0 fully saturated rings. The first-order chi connectivity index (χ1) is 11.4.